The predicted octanol–water partition coefficient (Wildman–Crippen LogP) is 1.91. The zero-order valence-electron chi connectivity index (χ0n) is 12.8. The monoisotopic (exact) mass is 384 g/mol. The standard InChI is InChI=1S/C14H13ClN4O5S/c1-16-25(23,24)9-6-7-11(15)10(8-9)14(20)18-17-12-4-2-3-5-13(12)19(21)22/h2-8,16-17H,1H3,(H,18,20). The van der Waals surface area contributed by atoms with Crippen LogP contribution in [0.3, 0.4) is 0 Å². The number of nitro groups is 1. The SMILES string of the molecule is CNS(=O)(=O)c1ccc(Cl)c(C(=O)NNc2ccccc2[N+](=O)[O-])c1. The van der Waals surface area contributed by atoms with E-state index in [1.807, 2.05) is 0 Å². The van der Waals surface area contributed by atoms with E-state index in [0.29, 0.717) is 0 Å². The average molecular weight is 385 g/mol. The van der Waals surface area contributed by atoms with Gasteiger partial charge in [0, 0.05) is 6.07 Å². The largest absolute Gasteiger partial charge is 0.294 e. The van der Waals surface area contributed by atoms with Crippen LogP contribution in [-0.2, 0) is 10.0 Å². The Morgan fingerprint density at radius 3 is 2.52 bits per heavy atom. The van der Waals surface area contributed by atoms with Gasteiger partial charge in [0.15, 0.2) is 0 Å². The van der Waals surface area contributed by atoms with Gasteiger partial charge in [0.25, 0.3) is 11.6 Å². The molecule has 11 heteroatoms. The molecule has 0 bridgehead atoms. The molecule has 0 aliphatic rings. The molecule has 0 saturated heterocycles. The number of anilines is 1. The number of benzene rings is 2. The molecule has 3 N–H and O–H groups in total. The van der Waals surface area contributed by atoms with Crippen LogP contribution in [0.1, 0.15) is 10.4 Å². The Balaban J connectivity index is 2.25. The van der Waals surface area contributed by atoms with Crippen molar-refractivity contribution in [3.8, 4) is 0 Å². The van der Waals surface area contributed by atoms with E-state index in [1.165, 1.54) is 37.4 Å². The van der Waals surface area contributed by atoms with E-state index in [9.17, 15) is 23.3 Å². The van der Waals surface area contributed by atoms with Gasteiger partial charge in [-0.15, -0.1) is 0 Å². The first kappa shape index (κ1) is 18.6. The number of sulfonamides is 1. The second kappa shape index (κ2) is 7.47. The van der Waals surface area contributed by atoms with Crippen LogP contribution in [0.4, 0.5) is 11.4 Å². The van der Waals surface area contributed by atoms with Gasteiger partial charge in [-0.25, -0.2) is 13.1 Å². The zero-order valence-corrected chi connectivity index (χ0v) is 14.4. The highest BCUT2D eigenvalue weighted by atomic mass is 35.5. The molecule has 0 aliphatic heterocycles. The maximum absolute atomic E-state index is 12.2. The Morgan fingerprint density at radius 1 is 1.20 bits per heavy atom. The normalized spacial score (nSPS) is 11.0. The van der Waals surface area contributed by atoms with Gasteiger partial charge in [-0.1, -0.05) is 23.7 Å². The Hall–Kier alpha value is -2.69. The van der Waals surface area contributed by atoms with Crippen molar-refractivity contribution in [2.75, 3.05) is 12.5 Å². The number of rotatable bonds is 6. The summed E-state index contributed by atoms with van der Waals surface area (Å²) in [4.78, 5) is 22.4. The first-order chi connectivity index (χ1) is 11.8. The summed E-state index contributed by atoms with van der Waals surface area (Å²) in [6, 6.07) is 9.32. The number of hydrogen-bond donors (Lipinski definition) is 3. The number of carbonyl (C=O) groups excluding carboxylic acids is 1. The van der Waals surface area contributed by atoms with Gasteiger partial charge in [-0.2, -0.15) is 0 Å². The minimum Gasteiger partial charge on any atom is -0.292 e. The van der Waals surface area contributed by atoms with E-state index >= 15 is 0 Å². The van der Waals surface area contributed by atoms with Gasteiger partial charge in [0.1, 0.15) is 5.69 Å². The molecule has 0 fully saturated rings. The topological polar surface area (TPSA) is 130 Å². The molecular weight excluding hydrogens is 372 g/mol. The second-order valence-electron chi connectivity index (χ2n) is 4.70. The minimum absolute atomic E-state index is 0.0249. The Morgan fingerprint density at radius 2 is 1.88 bits per heavy atom. The van der Waals surface area contributed by atoms with E-state index in [0.717, 1.165) is 6.07 Å². The van der Waals surface area contributed by atoms with Crippen LogP contribution in [-0.4, -0.2) is 26.3 Å². The third-order valence-corrected chi connectivity index (χ3v) is 4.91. The highest BCUT2D eigenvalue weighted by molar-refractivity contribution is 7.89. The minimum atomic E-state index is -3.75. The van der Waals surface area contributed by atoms with E-state index in [1.54, 1.807) is 6.07 Å². The summed E-state index contributed by atoms with van der Waals surface area (Å²) in [5.74, 6) is -0.753. The molecule has 1 amide bonds. The van der Waals surface area contributed by atoms with Crippen molar-refractivity contribution in [2.45, 2.75) is 4.90 Å². The van der Waals surface area contributed by atoms with E-state index in [-0.39, 0.29) is 26.9 Å². The van der Waals surface area contributed by atoms with Gasteiger partial charge in [-0.3, -0.25) is 25.8 Å². The maximum atomic E-state index is 12.2. The molecule has 2 rings (SSSR count). The van der Waals surface area contributed by atoms with Crippen LogP contribution in [0.2, 0.25) is 5.02 Å². The fourth-order valence-corrected chi connectivity index (χ4v) is 2.85. The second-order valence-corrected chi connectivity index (χ2v) is 7.00. The third kappa shape index (κ3) is 4.24. The molecule has 2 aromatic rings. The molecule has 9 nitrogen and oxygen atoms in total. The van der Waals surface area contributed by atoms with Gasteiger partial charge >= 0.3 is 0 Å². The fourth-order valence-electron chi connectivity index (χ4n) is 1.89. The smallest absolute Gasteiger partial charge is 0.292 e. The quantitative estimate of drug-likeness (QED) is 0.515. The Labute approximate surface area is 148 Å². The summed E-state index contributed by atoms with van der Waals surface area (Å²) < 4.78 is 25.7. The molecule has 0 saturated carbocycles. The molecule has 0 atom stereocenters. The first-order valence-corrected chi connectivity index (χ1v) is 8.65. The number of amides is 1. The number of hydrazine groups is 1. The number of hydrogen-bond acceptors (Lipinski definition) is 6. The lowest BCUT2D eigenvalue weighted by Crippen LogP contribution is -2.30. The van der Waals surface area contributed by atoms with Crippen LogP contribution in [0.5, 0.6) is 0 Å². The van der Waals surface area contributed by atoms with E-state index < -0.39 is 20.9 Å². The average Bonchev–Trinajstić information content (AvgIpc) is 2.60. The van der Waals surface area contributed by atoms with Crippen molar-refractivity contribution in [1.82, 2.24) is 10.1 Å². The maximum Gasteiger partial charge on any atom is 0.294 e. The predicted molar refractivity (Wildman–Crippen MR) is 91.9 cm³/mol. The Kier molecular flexibility index (Phi) is 5.57. The molecule has 0 aromatic heterocycles. The van der Waals surface area contributed by atoms with Gasteiger partial charge in [0.2, 0.25) is 10.0 Å². The summed E-state index contributed by atoms with van der Waals surface area (Å²) in [6.07, 6.45) is 0. The van der Waals surface area contributed by atoms with Gasteiger partial charge in [-0.05, 0) is 31.3 Å². The highest BCUT2D eigenvalue weighted by Gasteiger charge is 2.18. The molecule has 25 heavy (non-hydrogen) atoms. The molecule has 132 valence electrons. The van der Waals surface area contributed by atoms with Crippen LogP contribution in [0, 0.1) is 10.1 Å². The van der Waals surface area contributed by atoms with Gasteiger partial charge < -0.3 is 0 Å². The van der Waals surface area contributed by atoms with E-state index in [2.05, 4.69) is 15.6 Å². The van der Waals surface area contributed by atoms with Crippen molar-refractivity contribution in [3.63, 3.8) is 0 Å². The van der Waals surface area contributed by atoms with Crippen molar-refractivity contribution in [2.24, 2.45) is 0 Å². The van der Waals surface area contributed by atoms with Crippen molar-refractivity contribution in [1.29, 1.82) is 0 Å². The summed E-state index contributed by atoms with van der Waals surface area (Å²) >= 11 is 5.94. The number of nitrogens with zero attached hydrogens (tertiary/aromatic N) is 1. The van der Waals surface area contributed by atoms with E-state index in [4.69, 9.17) is 11.6 Å². The molecule has 0 aliphatic carbocycles. The zero-order chi connectivity index (χ0) is 18.6. The summed E-state index contributed by atoms with van der Waals surface area (Å²) in [5.41, 5.74) is 4.40. The molecule has 0 unspecified atom stereocenters. The van der Waals surface area contributed by atoms with Crippen LogP contribution >= 0.6 is 11.6 Å². The number of carbonyl (C=O) groups is 1. The molecular formula is C14H13ClN4O5S. The number of para-hydroxylation sites is 2. The highest BCUT2D eigenvalue weighted by Crippen LogP contribution is 2.23. The summed E-state index contributed by atoms with van der Waals surface area (Å²) in [5, 5.41) is 11.0. The number of halogens is 1. The molecule has 2 aromatic carbocycles. The number of nitro benzene ring substituents is 1. The van der Waals surface area contributed by atoms with Crippen LogP contribution < -0.4 is 15.6 Å². The first-order valence-electron chi connectivity index (χ1n) is 6.79. The third-order valence-electron chi connectivity index (χ3n) is 3.17. The van der Waals surface area contributed by atoms with Crippen molar-refractivity contribution >= 4 is 38.9 Å². The summed E-state index contributed by atoms with van der Waals surface area (Å²) in [7, 11) is -2.52. The fraction of sp³-hybridized carbons (Fsp3) is 0.0714. The van der Waals surface area contributed by atoms with Crippen LogP contribution in [0.25, 0.3) is 0 Å². The molecule has 0 radical (unpaired) electrons. The Bertz CT molecular complexity index is 933. The van der Waals surface area contributed by atoms with Gasteiger partial charge in [0.05, 0.1) is 20.4 Å². The summed E-state index contributed by atoms with van der Waals surface area (Å²) in [6.45, 7) is 0. The number of nitrogens with one attached hydrogen (secondary N) is 3. The lowest BCUT2D eigenvalue weighted by molar-refractivity contribution is -0.384. The van der Waals surface area contributed by atoms with Crippen LogP contribution in [0.15, 0.2) is 47.4 Å². The molecule has 0 heterocycles. The van der Waals surface area contributed by atoms with Crippen molar-refractivity contribution in [3.05, 3.63) is 63.2 Å². The molecule has 0 spiro atoms. The lowest BCUT2D eigenvalue weighted by Gasteiger charge is -2.11. The lowest BCUT2D eigenvalue weighted by atomic mass is 10.2. The van der Waals surface area contributed by atoms with Crippen molar-refractivity contribution < 1.29 is 18.1 Å².